The van der Waals surface area contributed by atoms with Gasteiger partial charge >= 0.3 is 0 Å². The Morgan fingerprint density at radius 2 is 1.72 bits per heavy atom. The van der Waals surface area contributed by atoms with E-state index in [0.717, 1.165) is 17.7 Å². The van der Waals surface area contributed by atoms with Crippen molar-refractivity contribution in [3.05, 3.63) is 24.3 Å². The van der Waals surface area contributed by atoms with E-state index in [1.165, 1.54) is 11.9 Å². The number of nitrogens with zero attached hydrogens (tertiary/aromatic N) is 2. The number of nitrogens with one attached hydrogen (secondary N) is 3. The highest BCUT2D eigenvalue weighted by atomic mass is 32.2. The predicted octanol–water partition coefficient (Wildman–Crippen LogP) is 2.67. The number of rotatable bonds is 18. The second-order valence-corrected chi connectivity index (χ2v) is 13.4. The molecule has 2 rings (SSSR count). The Balaban J connectivity index is 2.12. The first-order chi connectivity index (χ1) is 21.8. The molecule has 46 heavy (non-hydrogen) atoms. The molecule has 260 valence electrons. The van der Waals surface area contributed by atoms with E-state index in [1.54, 1.807) is 50.2 Å². The van der Waals surface area contributed by atoms with Crippen LogP contribution in [0.25, 0.3) is 0 Å². The van der Waals surface area contributed by atoms with Gasteiger partial charge in [0.15, 0.2) is 0 Å². The second-order valence-electron chi connectivity index (χ2n) is 12.5. The molecule has 1 saturated heterocycles. The highest BCUT2D eigenvalue weighted by Gasteiger charge is 2.42. The lowest BCUT2D eigenvalue weighted by Crippen LogP contribution is -2.55. The Hall–Kier alpha value is -2.87. The quantitative estimate of drug-likeness (QED) is 0.137. The van der Waals surface area contributed by atoms with Gasteiger partial charge in [-0.1, -0.05) is 41.0 Å². The molecule has 1 aromatic carbocycles. The van der Waals surface area contributed by atoms with Gasteiger partial charge in [-0.3, -0.25) is 23.9 Å². The molecule has 12 nitrogen and oxygen atoms in total. The molecule has 0 spiro atoms. The van der Waals surface area contributed by atoms with Gasteiger partial charge in [0, 0.05) is 38.4 Å². The third kappa shape index (κ3) is 10.6. The monoisotopic (exact) mass is 664 g/mol. The molecule has 4 amide bonds. The first-order valence-electron chi connectivity index (χ1n) is 16.2. The summed E-state index contributed by atoms with van der Waals surface area (Å²) in [5.41, 5.74) is 6.40. The number of ether oxygens (including phenoxy) is 2. The normalized spacial score (nSPS) is 18.7. The number of carbonyl (C=O) groups excluding carboxylic acids is 4. The van der Waals surface area contributed by atoms with Crippen molar-refractivity contribution in [2.24, 2.45) is 17.8 Å². The van der Waals surface area contributed by atoms with Gasteiger partial charge in [0.25, 0.3) is 0 Å². The van der Waals surface area contributed by atoms with Crippen LogP contribution in [0.4, 0.5) is 5.69 Å². The molecule has 0 aliphatic carbocycles. The van der Waals surface area contributed by atoms with Crippen LogP contribution in [0.5, 0.6) is 0 Å². The lowest BCUT2D eigenvalue weighted by Gasteiger charge is -2.39. The van der Waals surface area contributed by atoms with Crippen molar-refractivity contribution in [3.63, 3.8) is 0 Å². The minimum Gasteiger partial charge on any atom is -0.399 e. The van der Waals surface area contributed by atoms with E-state index in [0.29, 0.717) is 18.7 Å². The maximum absolute atomic E-state index is 13.9. The summed E-state index contributed by atoms with van der Waals surface area (Å²) in [6.07, 6.45) is 1.24. The van der Waals surface area contributed by atoms with Crippen LogP contribution in [0.1, 0.15) is 60.3 Å². The second kappa shape index (κ2) is 19.1. The molecule has 0 saturated carbocycles. The lowest BCUT2D eigenvalue weighted by molar-refractivity contribution is -0.145. The van der Waals surface area contributed by atoms with Gasteiger partial charge in [0.1, 0.15) is 0 Å². The van der Waals surface area contributed by atoms with Gasteiger partial charge in [-0.15, -0.1) is 0 Å². The van der Waals surface area contributed by atoms with Crippen LogP contribution in [0.3, 0.4) is 0 Å². The number of nitrogens with two attached hydrogens (primary N) is 1. The van der Waals surface area contributed by atoms with Gasteiger partial charge < -0.3 is 35.6 Å². The summed E-state index contributed by atoms with van der Waals surface area (Å²) in [7, 11) is 6.54. The number of methoxy groups -OCH3 is 2. The van der Waals surface area contributed by atoms with Crippen LogP contribution >= 0.6 is 11.9 Å². The average molecular weight is 665 g/mol. The molecule has 1 aliphatic heterocycles. The Morgan fingerprint density at radius 3 is 2.26 bits per heavy atom. The number of likely N-dealkylation sites (N-methyl/N-ethyl adjacent to an activating group) is 2. The smallest absolute Gasteiger partial charge is 0.242 e. The van der Waals surface area contributed by atoms with Crippen LogP contribution in [0.2, 0.25) is 0 Å². The van der Waals surface area contributed by atoms with E-state index in [9.17, 15) is 19.2 Å². The van der Waals surface area contributed by atoms with Crippen molar-refractivity contribution in [2.75, 3.05) is 47.1 Å². The molecular weight excluding hydrogens is 608 g/mol. The van der Waals surface area contributed by atoms with Crippen molar-refractivity contribution in [2.45, 2.75) is 95.5 Å². The highest BCUT2D eigenvalue weighted by Crippen LogP contribution is 2.29. The van der Waals surface area contributed by atoms with Gasteiger partial charge in [0.2, 0.25) is 23.6 Å². The number of benzene rings is 1. The topological polar surface area (TPSA) is 155 Å². The van der Waals surface area contributed by atoms with Gasteiger partial charge in [-0.05, 0) is 67.9 Å². The number of anilines is 1. The fraction of sp³-hybridized carbons (Fsp3) is 0.697. The van der Waals surface area contributed by atoms with Gasteiger partial charge in [-0.2, -0.15) is 0 Å². The highest BCUT2D eigenvalue weighted by molar-refractivity contribution is 7.98. The third-order valence-electron chi connectivity index (χ3n) is 9.13. The summed E-state index contributed by atoms with van der Waals surface area (Å²) in [5, 5.41) is 5.74. The Labute approximate surface area is 279 Å². The number of nitrogen functional groups attached to an aromatic ring is 1. The van der Waals surface area contributed by atoms with Gasteiger partial charge in [-0.25, -0.2) is 0 Å². The van der Waals surface area contributed by atoms with E-state index < -0.39 is 30.2 Å². The Kier molecular flexibility index (Phi) is 16.3. The van der Waals surface area contributed by atoms with Crippen molar-refractivity contribution in [1.82, 2.24) is 25.2 Å². The van der Waals surface area contributed by atoms with E-state index in [2.05, 4.69) is 15.4 Å². The number of likely N-dealkylation sites (tertiary alicyclic amines) is 1. The Bertz CT molecular complexity index is 1140. The minimum atomic E-state index is -0.577. The largest absolute Gasteiger partial charge is 0.399 e. The molecule has 0 aromatic heterocycles. The van der Waals surface area contributed by atoms with Crippen molar-refractivity contribution < 1.29 is 28.7 Å². The zero-order valence-corrected chi connectivity index (χ0v) is 29.8. The van der Waals surface area contributed by atoms with Crippen LogP contribution < -0.4 is 21.1 Å². The van der Waals surface area contributed by atoms with E-state index >= 15 is 0 Å². The summed E-state index contributed by atoms with van der Waals surface area (Å²) in [6, 6.07) is 6.13. The zero-order valence-electron chi connectivity index (χ0n) is 29.0. The number of hydrogen-bond acceptors (Lipinski definition) is 9. The van der Waals surface area contributed by atoms with E-state index in [-0.39, 0.29) is 54.5 Å². The summed E-state index contributed by atoms with van der Waals surface area (Å²) in [4.78, 5) is 57.2. The Morgan fingerprint density at radius 1 is 1.07 bits per heavy atom. The van der Waals surface area contributed by atoms with Crippen LogP contribution in [0, 0.1) is 17.8 Å². The van der Waals surface area contributed by atoms with Crippen molar-refractivity contribution in [3.8, 4) is 0 Å². The summed E-state index contributed by atoms with van der Waals surface area (Å²) in [6.45, 7) is 10.1. The van der Waals surface area contributed by atoms with Crippen molar-refractivity contribution in [1.29, 1.82) is 0 Å². The van der Waals surface area contributed by atoms with E-state index in [1.807, 2.05) is 46.8 Å². The van der Waals surface area contributed by atoms with Crippen LogP contribution in [-0.4, -0.2) is 105 Å². The number of hydrogen-bond donors (Lipinski definition) is 4. The molecular formula is C33H56N6O6S. The van der Waals surface area contributed by atoms with Crippen LogP contribution in [-0.2, 0) is 28.7 Å². The molecule has 1 heterocycles. The molecule has 0 radical (unpaired) electrons. The predicted molar refractivity (Wildman–Crippen MR) is 182 cm³/mol. The fourth-order valence-corrected chi connectivity index (χ4v) is 6.90. The minimum absolute atomic E-state index is 0.0199. The molecule has 1 fully saturated rings. The standard InChI is InChI=1S/C33H56N6O6S/c1-10-21(4)30(38(7)28(41)19-36-33(43)29(35-6)20(2)3)26(44-8)18-27(40)39-17-11-12-25(39)31(45-9)22(5)32(42)37-46-24-15-13-23(34)14-16-24/h13-16,20-22,25-26,29-31,35H,10-12,17-19,34H2,1-9H3,(H,36,43)(H,37,42). The molecule has 1 aliphatic rings. The molecule has 0 bridgehead atoms. The third-order valence-corrected chi connectivity index (χ3v) is 9.94. The molecule has 7 atom stereocenters. The molecule has 13 heteroatoms. The van der Waals surface area contributed by atoms with E-state index in [4.69, 9.17) is 15.2 Å². The first-order valence-corrected chi connectivity index (χ1v) is 17.0. The number of carbonyl (C=O) groups is 4. The SMILES string of the molecule is CCC(C)C(C(CC(=O)N1CCCC1C(OC)C(C)C(=O)NSc1ccc(N)cc1)OC)N(C)C(=O)CNC(=O)C(NC)C(C)C. The fourth-order valence-electron chi connectivity index (χ4n) is 6.23. The van der Waals surface area contributed by atoms with Gasteiger partial charge in [0.05, 0.1) is 49.2 Å². The summed E-state index contributed by atoms with van der Waals surface area (Å²) in [5.74, 6) is -1.25. The van der Waals surface area contributed by atoms with Crippen molar-refractivity contribution >= 4 is 41.3 Å². The average Bonchev–Trinajstić information content (AvgIpc) is 3.52. The summed E-state index contributed by atoms with van der Waals surface area (Å²) >= 11 is 1.21. The lowest BCUT2D eigenvalue weighted by atomic mass is 9.90. The first kappa shape index (κ1) is 39.3. The number of amides is 4. The molecule has 5 N–H and O–H groups in total. The maximum Gasteiger partial charge on any atom is 0.242 e. The zero-order chi connectivity index (χ0) is 34.6. The molecule has 7 unspecified atom stereocenters. The van der Waals surface area contributed by atoms with Crippen LogP contribution in [0.15, 0.2) is 29.2 Å². The summed E-state index contributed by atoms with van der Waals surface area (Å²) < 4.78 is 14.6. The molecule has 1 aromatic rings. The maximum atomic E-state index is 13.9.